The van der Waals surface area contributed by atoms with E-state index in [0.717, 1.165) is 46.2 Å². The van der Waals surface area contributed by atoms with E-state index in [0.29, 0.717) is 22.3 Å². The Labute approximate surface area is 413 Å². The molecule has 4 nitrogen and oxygen atoms in total. The lowest BCUT2D eigenvalue weighted by Gasteiger charge is -2.42. The van der Waals surface area contributed by atoms with Crippen LogP contribution in [0.2, 0.25) is 13.1 Å². The molecule has 2 unspecified atom stereocenters. The molecule has 0 spiro atoms. The Kier molecular flexibility index (Phi) is 12.4. The summed E-state index contributed by atoms with van der Waals surface area (Å²) in [6.07, 6.45) is 1.48. The zero-order valence-electron chi connectivity index (χ0n) is 39.0. The second-order valence-corrected chi connectivity index (χ2v) is 23.2. The summed E-state index contributed by atoms with van der Waals surface area (Å²) < 4.78 is 0. The molecule has 0 N–H and O–H groups in total. The monoisotopic (exact) mass is 926 g/mol. The molecule has 70 heavy (non-hydrogen) atoms. The molecule has 2 heterocycles. The zero-order valence-corrected chi connectivity index (χ0v) is 41.0. The van der Waals surface area contributed by atoms with Gasteiger partial charge in [0.05, 0.1) is 46.5 Å². The summed E-state index contributed by atoms with van der Waals surface area (Å²) in [5.74, 6) is 0. The summed E-state index contributed by atoms with van der Waals surface area (Å²) >= 11 is 0. The van der Waals surface area contributed by atoms with Crippen LogP contribution >= 0.6 is 0 Å². The predicted molar refractivity (Wildman–Crippen MR) is 288 cm³/mol. The fourth-order valence-electron chi connectivity index (χ4n) is 11.4. The van der Waals surface area contributed by atoms with Crippen LogP contribution in [-0.4, -0.2) is 27.2 Å². The molecule has 2 aliphatic heterocycles. The largest absolute Gasteiger partial charge is 0.192 e. The Balaban J connectivity index is 1.35. The predicted octanol–water partition coefficient (Wildman–Crippen LogP) is 13.3. The Bertz CT molecular complexity index is 3340. The van der Waals surface area contributed by atoms with Crippen molar-refractivity contribution in [3.05, 3.63) is 285 Å². The number of hydrogen-bond acceptors (Lipinski definition) is 4. The molecule has 0 aliphatic carbocycles. The van der Waals surface area contributed by atoms with Crippen molar-refractivity contribution in [3.8, 4) is 24.3 Å². The van der Waals surface area contributed by atoms with Gasteiger partial charge >= 0.3 is 0 Å². The van der Waals surface area contributed by atoms with E-state index in [1.807, 2.05) is 48.5 Å². The molecule has 330 valence electrons. The van der Waals surface area contributed by atoms with Crippen molar-refractivity contribution in [2.75, 3.05) is 0 Å². The number of benzene rings is 8. The highest BCUT2D eigenvalue weighted by Gasteiger charge is 2.53. The van der Waals surface area contributed by atoms with Crippen molar-refractivity contribution in [2.45, 2.75) is 36.0 Å². The molecular weight excluding hydrogens is 881 g/mol. The molecule has 0 bridgehead atoms. The van der Waals surface area contributed by atoms with E-state index in [1.54, 1.807) is 0 Å². The minimum Gasteiger partial charge on any atom is -0.192 e. The summed E-state index contributed by atoms with van der Waals surface area (Å²) in [6.45, 7) is 4.96. The van der Waals surface area contributed by atoms with Gasteiger partial charge in [-0.05, 0) is 139 Å². The molecule has 6 heteroatoms. The molecule has 0 fully saturated rings. The van der Waals surface area contributed by atoms with Gasteiger partial charge < -0.3 is 0 Å². The average Bonchev–Trinajstić information content (AvgIpc) is 3.86. The summed E-state index contributed by atoms with van der Waals surface area (Å²) in [6, 6.07) is 85.9. The van der Waals surface area contributed by atoms with Crippen LogP contribution in [0.4, 0.5) is 0 Å². The number of nitrogens with zero attached hydrogens (tertiary/aromatic N) is 4. The number of hydrogen-bond donors (Lipinski definition) is 0. The van der Waals surface area contributed by atoms with E-state index in [2.05, 4.69) is 207 Å². The first kappa shape index (κ1) is 45.2. The Morgan fingerprint density at radius 2 is 0.571 bits per heavy atom. The highest BCUT2D eigenvalue weighted by atomic mass is 28.2. The van der Waals surface area contributed by atoms with Gasteiger partial charge in [-0.3, -0.25) is 0 Å². The standard InChI is InChI=1S/C64H46N4Si2/c1-69-61(53-31-23-45(41-65)24-32-53)57(49-15-7-3-8-16-49)59(51-19-11-5-12-20-51)63(69,55-35-27-47(43-67)28-36-55)39-40-64(56-37-29-48(44-68)30-38-56)60(52-21-13-6-14-22-52)58(50-17-9-4-10-18-50)62(70(64)2)54-33-25-46(42-66)26-34-54/h3-38H,39-40H2,1-2H3. The Morgan fingerprint density at radius 3 is 0.843 bits per heavy atom. The van der Waals surface area contributed by atoms with Gasteiger partial charge in [0.15, 0.2) is 0 Å². The quantitative estimate of drug-likeness (QED) is 0.121. The van der Waals surface area contributed by atoms with Gasteiger partial charge in [0.1, 0.15) is 0 Å². The van der Waals surface area contributed by atoms with E-state index < -0.39 is 26.9 Å². The fourth-order valence-corrected chi connectivity index (χ4v) is 18.3. The smallest absolute Gasteiger partial charge is 0.0991 e. The number of allylic oxidation sites excluding steroid dienone is 4. The molecule has 0 amide bonds. The van der Waals surface area contributed by atoms with E-state index in [1.165, 1.54) is 43.8 Å². The van der Waals surface area contributed by atoms with Crippen LogP contribution in [0.1, 0.15) is 79.6 Å². The van der Waals surface area contributed by atoms with Gasteiger partial charge in [0.2, 0.25) is 0 Å². The molecule has 2 aliphatic rings. The zero-order chi connectivity index (χ0) is 48.2. The second kappa shape index (κ2) is 19.2. The first-order valence-corrected chi connectivity index (χ1v) is 27.5. The maximum atomic E-state index is 10.2. The number of nitriles is 4. The van der Waals surface area contributed by atoms with Crippen LogP contribution in [0.25, 0.3) is 22.3 Å². The van der Waals surface area contributed by atoms with E-state index in [-0.39, 0.29) is 0 Å². The van der Waals surface area contributed by atoms with E-state index in [4.69, 9.17) is 0 Å². The molecule has 0 radical (unpaired) electrons. The van der Waals surface area contributed by atoms with Gasteiger partial charge in [-0.1, -0.05) is 183 Å². The van der Waals surface area contributed by atoms with Crippen LogP contribution in [0, 0.1) is 45.3 Å². The molecule has 0 aromatic heterocycles. The van der Waals surface area contributed by atoms with Crippen molar-refractivity contribution in [2.24, 2.45) is 0 Å². The Morgan fingerprint density at radius 1 is 0.314 bits per heavy atom. The third-order valence-electron chi connectivity index (χ3n) is 14.6. The lowest BCUT2D eigenvalue weighted by atomic mass is 9.72. The normalized spacial score (nSPS) is 17.5. The van der Waals surface area contributed by atoms with Crippen LogP contribution in [0.5, 0.6) is 0 Å². The van der Waals surface area contributed by atoms with E-state index in [9.17, 15) is 21.0 Å². The Hall–Kier alpha value is -8.63. The third-order valence-corrected chi connectivity index (χ3v) is 21.3. The lowest BCUT2D eigenvalue weighted by molar-refractivity contribution is 0.567. The van der Waals surface area contributed by atoms with Crippen molar-refractivity contribution < 1.29 is 0 Å². The molecule has 8 aromatic carbocycles. The SMILES string of the molecule is C[Si]1=C(c2ccc(C#N)cc2)C(c2ccccc2)=C(c2ccccc2)C1(CCC1(c2ccc(C#N)cc2)C(c2ccccc2)=C(c2ccccc2)C(c2ccc(C#N)cc2)=[Si]1C)c1ccc(C#N)cc1. The van der Waals surface area contributed by atoms with Gasteiger partial charge in [0.25, 0.3) is 0 Å². The van der Waals surface area contributed by atoms with Gasteiger partial charge in [-0.15, -0.1) is 0 Å². The second-order valence-electron chi connectivity index (χ2n) is 18.0. The minimum absolute atomic E-state index is 0.567. The molecule has 0 saturated carbocycles. The summed E-state index contributed by atoms with van der Waals surface area (Å²) in [5.41, 5.74) is 16.5. The maximum absolute atomic E-state index is 10.2. The van der Waals surface area contributed by atoms with Crippen molar-refractivity contribution in [3.63, 3.8) is 0 Å². The molecule has 0 saturated heterocycles. The first-order valence-electron chi connectivity index (χ1n) is 23.5. The molecule has 10 rings (SSSR count). The van der Waals surface area contributed by atoms with Crippen molar-refractivity contribution >= 4 is 49.4 Å². The van der Waals surface area contributed by atoms with Crippen LogP contribution < -0.4 is 0 Å². The summed E-state index contributed by atoms with van der Waals surface area (Å²) in [5, 5.41) is 41.9. The highest BCUT2D eigenvalue weighted by molar-refractivity contribution is 6.89. The maximum Gasteiger partial charge on any atom is 0.0991 e. The van der Waals surface area contributed by atoms with Crippen LogP contribution in [0.3, 0.4) is 0 Å². The van der Waals surface area contributed by atoms with Crippen LogP contribution in [0.15, 0.2) is 218 Å². The number of rotatable bonds is 11. The average molecular weight is 927 g/mol. The fraction of sp³-hybridized carbons (Fsp3) is 0.0938. The van der Waals surface area contributed by atoms with Gasteiger partial charge in [-0.2, -0.15) is 21.0 Å². The van der Waals surface area contributed by atoms with Gasteiger partial charge in [0, 0.05) is 26.9 Å². The minimum atomic E-state index is -1.68. The summed E-state index contributed by atoms with van der Waals surface area (Å²) in [4.78, 5) is 0. The van der Waals surface area contributed by atoms with Gasteiger partial charge in [-0.25, -0.2) is 0 Å². The molecule has 8 aromatic rings. The summed E-state index contributed by atoms with van der Waals surface area (Å²) in [7, 11) is -3.36. The molecular formula is C64H46N4Si2. The van der Waals surface area contributed by atoms with Crippen molar-refractivity contribution in [1.82, 2.24) is 0 Å². The highest BCUT2D eigenvalue weighted by Crippen LogP contribution is 2.58. The lowest BCUT2D eigenvalue weighted by Crippen LogP contribution is -2.43. The first-order chi connectivity index (χ1) is 34.4. The third kappa shape index (κ3) is 7.67. The van der Waals surface area contributed by atoms with Crippen molar-refractivity contribution in [1.29, 1.82) is 21.0 Å². The van der Waals surface area contributed by atoms with E-state index >= 15 is 0 Å². The topological polar surface area (TPSA) is 95.2 Å². The molecule has 2 atom stereocenters. The van der Waals surface area contributed by atoms with Crippen LogP contribution in [-0.2, 0) is 10.1 Å².